The minimum Gasteiger partial charge on any atom is -0.480 e. The molecule has 0 aliphatic carbocycles. The lowest BCUT2D eigenvalue weighted by atomic mass is 10.2. The molecule has 0 bridgehead atoms. The molecule has 0 fully saturated rings. The molecule has 0 saturated carbocycles. The van der Waals surface area contributed by atoms with Gasteiger partial charge in [-0.2, -0.15) is 0 Å². The minimum absolute atomic E-state index is 0.287. The predicted octanol–water partition coefficient (Wildman–Crippen LogP) is 0.561. The van der Waals surface area contributed by atoms with E-state index in [1.807, 2.05) is 30.3 Å². The van der Waals surface area contributed by atoms with Gasteiger partial charge in [0.2, 0.25) is 0 Å². The summed E-state index contributed by atoms with van der Waals surface area (Å²) in [7, 11) is 1.68. The molecule has 1 aromatic carbocycles. The van der Waals surface area contributed by atoms with Crippen molar-refractivity contribution in [3.05, 3.63) is 54.1 Å². The van der Waals surface area contributed by atoms with Crippen LogP contribution in [0, 0.1) is 0 Å². The number of carboxylic acids is 1. The molecule has 0 unspecified atom stereocenters. The quantitative estimate of drug-likeness (QED) is 0.638. The summed E-state index contributed by atoms with van der Waals surface area (Å²) in [6.07, 6.45) is 3.34. The van der Waals surface area contributed by atoms with Gasteiger partial charge >= 0.3 is 12.0 Å². The molecule has 23 heavy (non-hydrogen) atoms. The summed E-state index contributed by atoms with van der Waals surface area (Å²) in [5, 5.41) is 8.42. The van der Waals surface area contributed by atoms with Crippen LogP contribution < -0.4 is 11.5 Å². The number of amides is 2. The second-order valence-corrected chi connectivity index (χ2v) is 4.91. The Labute approximate surface area is 134 Å². The SMILES string of the molecule is CN(Cc1ccccc1)C(N)=O.N[C@@H](Cc1cnc[nH]1)C(=O)O. The molecule has 1 aromatic heterocycles. The van der Waals surface area contributed by atoms with Gasteiger partial charge in [-0.3, -0.25) is 4.79 Å². The van der Waals surface area contributed by atoms with Crippen molar-refractivity contribution in [1.29, 1.82) is 0 Å². The van der Waals surface area contributed by atoms with E-state index in [4.69, 9.17) is 16.6 Å². The Morgan fingerprint density at radius 2 is 2.00 bits per heavy atom. The molecule has 0 saturated heterocycles. The molecule has 1 heterocycles. The molecular weight excluding hydrogens is 298 g/mol. The first-order valence-corrected chi connectivity index (χ1v) is 6.90. The van der Waals surface area contributed by atoms with Gasteiger partial charge in [0.15, 0.2) is 0 Å². The Balaban J connectivity index is 0.000000231. The molecule has 124 valence electrons. The van der Waals surface area contributed by atoms with Crippen molar-refractivity contribution >= 4 is 12.0 Å². The number of H-pyrrole nitrogens is 1. The van der Waals surface area contributed by atoms with Crippen LogP contribution in [-0.2, 0) is 17.8 Å². The van der Waals surface area contributed by atoms with Gasteiger partial charge in [0.1, 0.15) is 6.04 Å². The van der Waals surface area contributed by atoms with Gasteiger partial charge in [-0.15, -0.1) is 0 Å². The average Bonchev–Trinajstić information content (AvgIpc) is 3.01. The van der Waals surface area contributed by atoms with Crippen molar-refractivity contribution in [2.75, 3.05) is 7.05 Å². The first-order valence-electron chi connectivity index (χ1n) is 6.90. The third-order valence-electron chi connectivity index (χ3n) is 2.95. The molecule has 0 spiro atoms. The molecule has 2 rings (SSSR count). The van der Waals surface area contributed by atoms with Gasteiger partial charge in [0.05, 0.1) is 6.33 Å². The van der Waals surface area contributed by atoms with E-state index >= 15 is 0 Å². The number of carbonyl (C=O) groups excluding carboxylic acids is 1. The Hall–Kier alpha value is -2.87. The van der Waals surface area contributed by atoms with Crippen LogP contribution in [-0.4, -0.2) is 45.1 Å². The van der Waals surface area contributed by atoms with Gasteiger partial charge in [0.25, 0.3) is 0 Å². The number of nitrogens with two attached hydrogens (primary N) is 2. The van der Waals surface area contributed by atoms with Crippen LogP contribution in [0.15, 0.2) is 42.9 Å². The Kier molecular flexibility index (Phi) is 7.28. The largest absolute Gasteiger partial charge is 0.480 e. The van der Waals surface area contributed by atoms with Gasteiger partial charge < -0.3 is 26.5 Å². The molecule has 1 atom stereocenters. The molecule has 8 nitrogen and oxygen atoms in total. The van der Waals surface area contributed by atoms with Gasteiger partial charge in [-0.05, 0) is 5.56 Å². The van der Waals surface area contributed by atoms with Gasteiger partial charge in [-0.25, -0.2) is 9.78 Å². The number of carbonyl (C=O) groups is 2. The maximum Gasteiger partial charge on any atom is 0.320 e. The molecule has 2 aromatic rings. The number of benzene rings is 1. The number of hydrogen-bond donors (Lipinski definition) is 4. The number of urea groups is 1. The van der Waals surface area contributed by atoms with Crippen LogP contribution in [0.5, 0.6) is 0 Å². The highest BCUT2D eigenvalue weighted by Crippen LogP contribution is 2.01. The van der Waals surface area contributed by atoms with Crippen LogP contribution in [0.2, 0.25) is 0 Å². The topological polar surface area (TPSA) is 138 Å². The number of imidazole rings is 1. The summed E-state index contributed by atoms with van der Waals surface area (Å²) in [5.41, 5.74) is 12.1. The number of aromatic amines is 1. The summed E-state index contributed by atoms with van der Waals surface area (Å²) in [4.78, 5) is 28.9. The number of nitrogens with one attached hydrogen (secondary N) is 1. The minimum atomic E-state index is -1.00. The van der Waals surface area contributed by atoms with Crippen molar-refractivity contribution in [1.82, 2.24) is 14.9 Å². The van der Waals surface area contributed by atoms with Crippen LogP contribution >= 0.6 is 0 Å². The fourth-order valence-electron chi connectivity index (χ4n) is 1.66. The van der Waals surface area contributed by atoms with Crippen LogP contribution in [0.3, 0.4) is 0 Å². The predicted molar refractivity (Wildman–Crippen MR) is 85.4 cm³/mol. The fraction of sp³-hybridized carbons (Fsp3) is 0.267. The Morgan fingerprint density at radius 3 is 2.48 bits per heavy atom. The lowest BCUT2D eigenvalue weighted by Crippen LogP contribution is -2.32. The number of aromatic nitrogens is 2. The van der Waals surface area contributed by atoms with E-state index in [0.29, 0.717) is 6.54 Å². The fourth-order valence-corrected chi connectivity index (χ4v) is 1.66. The van der Waals surface area contributed by atoms with E-state index in [-0.39, 0.29) is 6.42 Å². The first-order chi connectivity index (χ1) is 10.9. The highest BCUT2D eigenvalue weighted by molar-refractivity contribution is 5.73. The lowest BCUT2D eigenvalue weighted by Gasteiger charge is -2.13. The van der Waals surface area contributed by atoms with E-state index in [1.165, 1.54) is 11.2 Å². The van der Waals surface area contributed by atoms with Crippen molar-refractivity contribution in [3.8, 4) is 0 Å². The summed E-state index contributed by atoms with van der Waals surface area (Å²) in [6.45, 7) is 0.566. The van der Waals surface area contributed by atoms with Gasteiger partial charge in [0, 0.05) is 31.9 Å². The van der Waals surface area contributed by atoms with E-state index in [0.717, 1.165) is 11.3 Å². The third kappa shape index (κ3) is 7.09. The zero-order chi connectivity index (χ0) is 17.2. The van der Waals surface area contributed by atoms with Crippen molar-refractivity contribution in [2.24, 2.45) is 11.5 Å². The zero-order valence-corrected chi connectivity index (χ0v) is 12.8. The normalized spacial score (nSPS) is 11.0. The third-order valence-corrected chi connectivity index (χ3v) is 2.95. The second-order valence-electron chi connectivity index (χ2n) is 4.91. The molecular formula is C15H21N5O3. The monoisotopic (exact) mass is 319 g/mol. The summed E-state index contributed by atoms with van der Waals surface area (Å²) < 4.78 is 0. The van der Waals surface area contributed by atoms with Gasteiger partial charge in [-0.1, -0.05) is 30.3 Å². The standard InChI is InChI=1S/C9H12N2O.C6H9N3O2/c1-11(9(10)12)7-8-5-3-2-4-6-8;7-5(6(10)11)1-4-2-8-3-9-4/h2-6H,7H2,1H3,(H2,10,12);2-3,5H,1,7H2,(H,8,9)(H,10,11)/t;5-/m.0/s1. The van der Waals surface area contributed by atoms with Crippen molar-refractivity contribution in [3.63, 3.8) is 0 Å². The zero-order valence-electron chi connectivity index (χ0n) is 12.8. The highest BCUT2D eigenvalue weighted by Gasteiger charge is 2.12. The average molecular weight is 319 g/mol. The number of rotatable bonds is 5. The van der Waals surface area contributed by atoms with E-state index in [1.54, 1.807) is 13.2 Å². The van der Waals surface area contributed by atoms with Crippen molar-refractivity contribution in [2.45, 2.75) is 19.0 Å². The highest BCUT2D eigenvalue weighted by atomic mass is 16.4. The number of primary amides is 1. The van der Waals surface area contributed by atoms with E-state index < -0.39 is 18.0 Å². The maximum atomic E-state index is 10.7. The number of aliphatic carboxylic acids is 1. The summed E-state index contributed by atoms with van der Waals surface area (Å²) >= 11 is 0. The smallest absolute Gasteiger partial charge is 0.320 e. The molecule has 0 aliphatic rings. The maximum absolute atomic E-state index is 10.7. The number of nitrogens with zero attached hydrogens (tertiary/aromatic N) is 2. The van der Waals surface area contributed by atoms with Crippen LogP contribution in [0.25, 0.3) is 0 Å². The molecule has 6 N–H and O–H groups in total. The second kappa shape index (κ2) is 9.21. The summed E-state index contributed by atoms with van der Waals surface area (Å²) in [5.74, 6) is -1.00. The van der Waals surface area contributed by atoms with E-state index in [9.17, 15) is 9.59 Å². The van der Waals surface area contributed by atoms with Crippen LogP contribution in [0.4, 0.5) is 4.79 Å². The molecule has 8 heteroatoms. The number of hydrogen-bond acceptors (Lipinski definition) is 4. The summed E-state index contributed by atoms with van der Waals surface area (Å²) in [6, 6.07) is 8.47. The molecule has 0 radical (unpaired) electrons. The molecule has 2 amide bonds. The first kappa shape index (κ1) is 18.2. The number of carboxylic acid groups (broad SMARTS) is 1. The van der Waals surface area contributed by atoms with E-state index in [2.05, 4.69) is 9.97 Å². The van der Waals surface area contributed by atoms with Crippen molar-refractivity contribution < 1.29 is 14.7 Å². The Bertz CT molecular complexity index is 601. The lowest BCUT2D eigenvalue weighted by molar-refractivity contribution is -0.138. The molecule has 0 aliphatic heterocycles. The Morgan fingerprint density at radius 1 is 1.35 bits per heavy atom. The van der Waals surface area contributed by atoms with Crippen LogP contribution in [0.1, 0.15) is 11.3 Å².